The van der Waals surface area contributed by atoms with Crippen molar-refractivity contribution < 1.29 is 4.79 Å². The number of piperazine rings is 1. The molecule has 1 aliphatic heterocycles. The van der Waals surface area contributed by atoms with Crippen LogP contribution in [-0.2, 0) is 4.79 Å². The number of aryl methyl sites for hydroxylation is 2. The van der Waals surface area contributed by atoms with Crippen molar-refractivity contribution in [2.75, 3.05) is 31.1 Å². The van der Waals surface area contributed by atoms with E-state index in [1.807, 2.05) is 18.2 Å². The monoisotopic (exact) mass is 442 g/mol. The standard InChI is InChI=1S/C28H34N4O/c1-20-18-24-25(19-21(20)2)30-28(27(29-24)23-10-4-3-5-11-23)32-16-14-31(15-17-32)26(33)13-12-22-8-6-7-9-22/h3-5,10-11,18-19,22H,6-9,12-17H2,1-2H3. The van der Waals surface area contributed by atoms with Gasteiger partial charge in [0, 0.05) is 38.2 Å². The van der Waals surface area contributed by atoms with Crippen molar-refractivity contribution >= 4 is 22.8 Å². The van der Waals surface area contributed by atoms with Gasteiger partial charge in [0.05, 0.1) is 11.0 Å². The van der Waals surface area contributed by atoms with Crippen LogP contribution < -0.4 is 4.90 Å². The SMILES string of the molecule is Cc1cc2nc(-c3ccccc3)c(N3CCN(C(=O)CCC4CCCC4)CC3)nc2cc1C. The predicted molar refractivity (Wildman–Crippen MR) is 134 cm³/mol. The number of carbonyl (C=O) groups excluding carboxylic acids is 1. The highest BCUT2D eigenvalue weighted by Gasteiger charge is 2.26. The lowest BCUT2D eigenvalue weighted by Crippen LogP contribution is -2.49. The van der Waals surface area contributed by atoms with Crippen LogP contribution in [0.3, 0.4) is 0 Å². The maximum atomic E-state index is 12.8. The Labute approximate surface area is 196 Å². The van der Waals surface area contributed by atoms with Crippen LogP contribution in [0.5, 0.6) is 0 Å². The van der Waals surface area contributed by atoms with Crippen molar-refractivity contribution in [3.8, 4) is 11.3 Å². The van der Waals surface area contributed by atoms with Crippen molar-refractivity contribution in [1.29, 1.82) is 0 Å². The van der Waals surface area contributed by atoms with E-state index < -0.39 is 0 Å². The lowest BCUT2D eigenvalue weighted by Gasteiger charge is -2.36. The van der Waals surface area contributed by atoms with Crippen molar-refractivity contribution in [2.45, 2.75) is 52.4 Å². The van der Waals surface area contributed by atoms with Crippen molar-refractivity contribution in [1.82, 2.24) is 14.9 Å². The van der Waals surface area contributed by atoms with E-state index in [2.05, 4.69) is 47.9 Å². The number of nitrogens with zero attached hydrogens (tertiary/aromatic N) is 4. The van der Waals surface area contributed by atoms with Gasteiger partial charge in [-0.3, -0.25) is 4.79 Å². The minimum Gasteiger partial charge on any atom is -0.351 e. The normalized spacial score (nSPS) is 17.2. The fourth-order valence-electron chi connectivity index (χ4n) is 5.26. The lowest BCUT2D eigenvalue weighted by atomic mass is 10.0. The molecule has 2 aromatic carbocycles. The number of amides is 1. The van der Waals surface area contributed by atoms with Gasteiger partial charge in [-0.1, -0.05) is 56.0 Å². The quantitative estimate of drug-likeness (QED) is 0.521. The summed E-state index contributed by atoms with van der Waals surface area (Å²) in [5, 5.41) is 0. The molecule has 1 amide bonds. The molecule has 0 unspecified atom stereocenters. The Morgan fingerprint density at radius 1 is 0.909 bits per heavy atom. The van der Waals surface area contributed by atoms with E-state index in [1.54, 1.807) is 0 Å². The zero-order valence-electron chi connectivity index (χ0n) is 19.9. The molecule has 2 fully saturated rings. The number of benzene rings is 2. The van der Waals surface area contributed by atoms with Crippen LogP contribution in [0.15, 0.2) is 42.5 Å². The number of hydrogen-bond acceptors (Lipinski definition) is 4. The molecule has 2 heterocycles. The maximum absolute atomic E-state index is 12.8. The molecule has 0 radical (unpaired) electrons. The lowest BCUT2D eigenvalue weighted by molar-refractivity contribution is -0.131. The molecule has 3 aromatic rings. The molecule has 0 spiro atoms. The summed E-state index contributed by atoms with van der Waals surface area (Å²) in [4.78, 5) is 27.3. The van der Waals surface area contributed by atoms with E-state index in [9.17, 15) is 4.79 Å². The van der Waals surface area contributed by atoms with Gasteiger partial charge in [0.15, 0.2) is 5.82 Å². The van der Waals surface area contributed by atoms with Gasteiger partial charge in [0.2, 0.25) is 5.91 Å². The Morgan fingerprint density at radius 3 is 2.21 bits per heavy atom. The Morgan fingerprint density at radius 2 is 1.55 bits per heavy atom. The molecule has 172 valence electrons. The molecule has 1 saturated heterocycles. The maximum Gasteiger partial charge on any atom is 0.222 e. The largest absolute Gasteiger partial charge is 0.351 e. The first-order valence-electron chi connectivity index (χ1n) is 12.5. The molecule has 0 atom stereocenters. The molecule has 0 N–H and O–H groups in total. The Balaban J connectivity index is 1.36. The van der Waals surface area contributed by atoms with Crippen LogP contribution >= 0.6 is 0 Å². The predicted octanol–water partition coefficient (Wildman–Crippen LogP) is 5.53. The highest BCUT2D eigenvalue weighted by molar-refractivity contribution is 5.85. The number of rotatable bonds is 5. The van der Waals surface area contributed by atoms with E-state index >= 15 is 0 Å². The van der Waals surface area contributed by atoms with Crippen LogP contribution in [0, 0.1) is 19.8 Å². The fraction of sp³-hybridized carbons (Fsp3) is 0.464. The van der Waals surface area contributed by atoms with Crippen LogP contribution in [-0.4, -0.2) is 47.0 Å². The third-order valence-corrected chi connectivity index (χ3v) is 7.48. The third-order valence-electron chi connectivity index (χ3n) is 7.48. The fourth-order valence-corrected chi connectivity index (χ4v) is 5.26. The van der Waals surface area contributed by atoms with Crippen molar-refractivity contribution in [3.05, 3.63) is 53.6 Å². The van der Waals surface area contributed by atoms with Crippen LogP contribution in [0.4, 0.5) is 5.82 Å². The van der Waals surface area contributed by atoms with Gasteiger partial charge in [-0.25, -0.2) is 9.97 Å². The molecule has 2 aliphatic rings. The molecule has 5 nitrogen and oxygen atoms in total. The first kappa shape index (κ1) is 21.9. The van der Waals surface area contributed by atoms with Gasteiger partial charge in [0.25, 0.3) is 0 Å². The zero-order valence-corrected chi connectivity index (χ0v) is 19.9. The summed E-state index contributed by atoms with van der Waals surface area (Å²) >= 11 is 0. The smallest absolute Gasteiger partial charge is 0.222 e. The molecule has 0 bridgehead atoms. The topological polar surface area (TPSA) is 49.3 Å². The summed E-state index contributed by atoms with van der Waals surface area (Å²) < 4.78 is 0. The Hall–Kier alpha value is -2.95. The summed E-state index contributed by atoms with van der Waals surface area (Å²) in [6.07, 6.45) is 7.06. The molecular formula is C28H34N4O. The van der Waals surface area contributed by atoms with Gasteiger partial charge < -0.3 is 9.80 Å². The van der Waals surface area contributed by atoms with Crippen molar-refractivity contribution in [3.63, 3.8) is 0 Å². The second-order valence-corrected chi connectivity index (χ2v) is 9.74. The minimum atomic E-state index is 0.320. The van der Waals surface area contributed by atoms with Gasteiger partial charge in [-0.05, 0) is 49.4 Å². The van der Waals surface area contributed by atoms with E-state index in [-0.39, 0.29) is 0 Å². The van der Waals surface area contributed by atoms with Gasteiger partial charge in [-0.15, -0.1) is 0 Å². The summed E-state index contributed by atoms with van der Waals surface area (Å²) in [6, 6.07) is 14.6. The average molecular weight is 443 g/mol. The highest BCUT2D eigenvalue weighted by atomic mass is 16.2. The van der Waals surface area contributed by atoms with Crippen LogP contribution in [0.2, 0.25) is 0 Å². The number of aromatic nitrogens is 2. The van der Waals surface area contributed by atoms with E-state index in [1.165, 1.54) is 36.8 Å². The minimum absolute atomic E-state index is 0.320. The molecular weight excluding hydrogens is 408 g/mol. The second-order valence-electron chi connectivity index (χ2n) is 9.74. The van der Waals surface area contributed by atoms with Gasteiger partial charge in [0.1, 0.15) is 5.69 Å². The summed E-state index contributed by atoms with van der Waals surface area (Å²) in [6.45, 7) is 7.33. The van der Waals surface area contributed by atoms with Gasteiger partial charge >= 0.3 is 0 Å². The molecule has 1 aliphatic carbocycles. The van der Waals surface area contributed by atoms with E-state index in [0.29, 0.717) is 12.3 Å². The van der Waals surface area contributed by atoms with Gasteiger partial charge in [-0.2, -0.15) is 0 Å². The molecule has 5 rings (SSSR count). The Kier molecular flexibility index (Phi) is 6.30. The number of anilines is 1. The number of fused-ring (bicyclic) bond motifs is 1. The average Bonchev–Trinajstić information content (AvgIpc) is 3.37. The first-order chi connectivity index (χ1) is 16.1. The molecule has 1 saturated carbocycles. The van der Waals surface area contributed by atoms with Crippen molar-refractivity contribution in [2.24, 2.45) is 5.92 Å². The van der Waals surface area contributed by atoms with E-state index in [4.69, 9.17) is 9.97 Å². The Bertz CT molecular complexity index is 1130. The summed E-state index contributed by atoms with van der Waals surface area (Å²) in [5.74, 6) is 2.01. The molecule has 1 aromatic heterocycles. The first-order valence-corrected chi connectivity index (χ1v) is 12.5. The summed E-state index contributed by atoms with van der Waals surface area (Å²) in [7, 11) is 0. The zero-order chi connectivity index (χ0) is 22.8. The molecule has 33 heavy (non-hydrogen) atoms. The van der Waals surface area contributed by atoms with Crippen LogP contribution in [0.25, 0.3) is 22.3 Å². The number of carbonyl (C=O) groups is 1. The van der Waals surface area contributed by atoms with Crippen LogP contribution in [0.1, 0.15) is 49.7 Å². The second kappa shape index (κ2) is 9.50. The summed E-state index contributed by atoms with van der Waals surface area (Å²) in [5.41, 5.74) is 6.33. The number of hydrogen-bond donors (Lipinski definition) is 0. The molecule has 5 heteroatoms. The highest BCUT2D eigenvalue weighted by Crippen LogP contribution is 2.32. The third kappa shape index (κ3) is 4.73. The van der Waals surface area contributed by atoms with E-state index in [0.717, 1.165) is 66.6 Å².